The molecule has 2 amide bonds. The van der Waals surface area contributed by atoms with Crippen LogP contribution in [0.3, 0.4) is 0 Å². The van der Waals surface area contributed by atoms with Crippen LogP contribution >= 0.6 is 0 Å². The van der Waals surface area contributed by atoms with Gasteiger partial charge in [-0.2, -0.15) is 4.80 Å². The van der Waals surface area contributed by atoms with Gasteiger partial charge < -0.3 is 4.74 Å². The second-order valence-corrected chi connectivity index (χ2v) is 5.32. The van der Waals surface area contributed by atoms with Crippen molar-refractivity contribution >= 4 is 11.8 Å². The van der Waals surface area contributed by atoms with Gasteiger partial charge in [0.2, 0.25) is 5.82 Å². The molecular formula is C17H15FN6O3. The molecule has 9 nitrogen and oxygen atoms in total. The number of ether oxygens (including phenoxy) is 1. The fraction of sp³-hybridized carbons (Fsp3) is 0.118. The molecule has 2 aromatic carbocycles. The van der Waals surface area contributed by atoms with Gasteiger partial charge in [0.1, 0.15) is 18.1 Å². The number of benzene rings is 2. The first-order chi connectivity index (χ1) is 13.1. The molecule has 0 atom stereocenters. The molecule has 1 aromatic heterocycles. The molecule has 0 unspecified atom stereocenters. The Morgan fingerprint density at radius 2 is 1.78 bits per heavy atom. The van der Waals surface area contributed by atoms with E-state index in [1.807, 2.05) is 18.2 Å². The predicted molar refractivity (Wildman–Crippen MR) is 90.6 cm³/mol. The van der Waals surface area contributed by atoms with E-state index in [4.69, 9.17) is 4.74 Å². The van der Waals surface area contributed by atoms with Crippen LogP contribution in [0.4, 0.5) is 4.39 Å². The fourth-order valence-corrected chi connectivity index (χ4v) is 2.07. The Balaban J connectivity index is 1.46. The first-order valence-corrected chi connectivity index (χ1v) is 7.90. The molecule has 0 spiro atoms. The zero-order valence-corrected chi connectivity index (χ0v) is 14.0. The van der Waals surface area contributed by atoms with Gasteiger partial charge in [-0.3, -0.25) is 20.4 Å². The molecule has 0 fully saturated rings. The Morgan fingerprint density at radius 1 is 1.04 bits per heavy atom. The number of tetrazole rings is 1. The van der Waals surface area contributed by atoms with Crippen molar-refractivity contribution in [3.8, 4) is 5.75 Å². The molecule has 0 bridgehead atoms. The maximum Gasteiger partial charge on any atom is 0.272 e. The van der Waals surface area contributed by atoms with Crippen molar-refractivity contribution in [1.29, 1.82) is 0 Å². The van der Waals surface area contributed by atoms with Crippen molar-refractivity contribution in [3.05, 3.63) is 71.8 Å². The van der Waals surface area contributed by atoms with E-state index >= 15 is 0 Å². The lowest BCUT2D eigenvalue weighted by Crippen LogP contribution is -2.43. The summed E-state index contributed by atoms with van der Waals surface area (Å²) in [6.45, 7) is -0.189. The minimum absolute atomic E-state index is 0.0929. The molecule has 27 heavy (non-hydrogen) atoms. The van der Waals surface area contributed by atoms with Gasteiger partial charge in [-0.15, -0.1) is 10.2 Å². The summed E-state index contributed by atoms with van der Waals surface area (Å²) in [6.07, 6.45) is 0. The van der Waals surface area contributed by atoms with Crippen LogP contribution in [0.5, 0.6) is 5.75 Å². The van der Waals surface area contributed by atoms with Crippen LogP contribution in [0.25, 0.3) is 0 Å². The lowest BCUT2D eigenvalue weighted by molar-refractivity contribution is -0.122. The molecule has 1 heterocycles. The van der Waals surface area contributed by atoms with Crippen LogP contribution in [-0.4, -0.2) is 32.0 Å². The van der Waals surface area contributed by atoms with Crippen molar-refractivity contribution in [2.75, 3.05) is 0 Å². The first kappa shape index (κ1) is 18.0. The number of halogens is 1. The number of nitrogens with one attached hydrogen (secondary N) is 2. The smallest absolute Gasteiger partial charge is 0.272 e. The third-order valence-electron chi connectivity index (χ3n) is 3.32. The summed E-state index contributed by atoms with van der Waals surface area (Å²) in [5.41, 5.74) is 4.10. The third-order valence-corrected chi connectivity index (χ3v) is 3.32. The average molecular weight is 370 g/mol. The number of aromatic nitrogens is 4. The summed E-state index contributed by atoms with van der Waals surface area (Å²) in [5, 5.41) is 11.5. The zero-order valence-electron chi connectivity index (χ0n) is 14.0. The Labute approximate surface area is 153 Å². The first-order valence-electron chi connectivity index (χ1n) is 7.90. The summed E-state index contributed by atoms with van der Waals surface area (Å²) < 4.78 is 19.0. The van der Waals surface area contributed by atoms with Gasteiger partial charge in [0.15, 0.2) is 6.61 Å². The van der Waals surface area contributed by atoms with E-state index in [2.05, 4.69) is 26.3 Å². The molecule has 0 aliphatic carbocycles. The van der Waals surface area contributed by atoms with Gasteiger partial charge in [0.25, 0.3) is 11.8 Å². The van der Waals surface area contributed by atoms with Crippen LogP contribution in [-0.2, 0) is 17.9 Å². The lowest BCUT2D eigenvalue weighted by atomic mass is 10.2. The van der Waals surface area contributed by atoms with Gasteiger partial charge in [0, 0.05) is 0 Å². The highest BCUT2D eigenvalue weighted by Gasteiger charge is 2.13. The molecule has 138 valence electrons. The molecule has 0 saturated heterocycles. The monoisotopic (exact) mass is 370 g/mol. The number of carbonyl (C=O) groups excluding carboxylic acids is 2. The third kappa shape index (κ3) is 5.08. The quantitative estimate of drug-likeness (QED) is 0.623. The molecule has 0 aliphatic rings. The van der Waals surface area contributed by atoms with Crippen molar-refractivity contribution in [3.63, 3.8) is 0 Å². The number of hydrogen-bond acceptors (Lipinski definition) is 6. The number of amides is 2. The number of para-hydroxylation sites is 1. The largest absolute Gasteiger partial charge is 0.485 e. The molecule has 0 aliphatic heterocycles. The second kappa shape index (κ2) is 8.52. The van der Waals surface area contributed by atoms with Crippen LogP contribution in [0, 0.1) is 5.82 Å². The van der Waals surface area contributed by atoms with E-state index in [1.54, 1.807) is 12.1 Å². The maximum absolute atomic E-state index is 13.5. The summed E-state index contributed by atoms with van der Waals surface area (Å²) in [7, 11) is 0. The highest BCUT2D eigenvalue weighted by molar-refractivity contribution is 5.95. The molecular weight excluding hydrogens is 355 g/mol. The standard InChI is InChI=1S/C17H15FN6O3/c18-14-9-5-4-8-13(14)17(26)21-20-16(25)10-24-22-15(19-23-24)11-27-12-6-2-1-3-7-12/h1-9H,10-11H2,(H,20,25)(H,21,26). The number of carbonyl (C=O) groups is 2. The second-order valence-electron chi connectivity index (χ2n) is 5.32. The van der Waals surface area contributed by atoms with Crippen molar-refractivity contribution in [2.24, 2.45) is 0 Å². The summed E-state index contributed by atoms with van der Waals surface area (Å²) >= 11 is 0. The Bertz CT molecular complexity index is 931. The number of rotatable bonds is 6. The highest BCUT2D eigenvalue weighted by Crippen LogP contribution is 2.09. The maximum atomic E-state index is 13.5. The Hall–Kier alpha value is -3.82. The van der Waals surface area contributed by atoms with Gasteiger partial charge in [-0.25, -0.2) is 4.39 Å². The Morgan fingerprint density at radius 3 is 2.56 bits per heavy atom. The molecule has 0 saturated carbocycles. The average Bonchev–Trinajstić information content (AvgIpc) is 3.13. The molecule has 3 aromatic rings. The van der Waals surface area contributed by atoms with Crippen LogP contribution < -0.4 is 15.6 Å². The Kier molecular flexibility index (Phi) is 5.67. The fourth-order valence-electron chi connectivity index (χ4n) is 2.07. The van der Waals surface area contributed by atoms with Crippen molar-refractivity contribution in [2.45, 2.75) is 13.2 Å². The number of nitrogens with zero attached hydrogens (tertiary/aromatic N) is 4. The SMILES string of the molecule is O=C(Cn1nnc(COc2ccccc2)n1)NNC(=O)c1ccccc1F. The molecule has 10 heteroatoms. The topological polar surface area (TPSA) is 111 Å². The summed E-state index contributed by atoms with van der Waals surface area (Å²) in [6, 6.07) is 14.5. The van der Waals surface area contributed by atoms with E-state index in [-0.39, 0.29) is 18.7 Å². The van der Waals surface area contributed by atoms with Crippen molar-refractivity contribution < 1.29 is 18.7 Å². The van der Waals surface area contributed by atoms with E-state index in [1.165, 1.54) is 18.2 Å². The van der Waals surface area contributed by atoms with Crippen LogP contribution in [0.15, 0.2) is 54.6 Å². The lowest BCUT2D eigenvalue weighted by Gasteiger charge is -2.07. The van der Waals surface area contributed by atoms with Gasteiger partial charge in [-0.1, -0.05) is 30.3 Å². The number of hydrogen-bond donors (Lipinski definition) is 2. The van der Waals surface area contributed by atoms with Crippen LogP contribution in [0.1, 0.15) is 16.2 Å². The number of hydrazine groups is 1. The molecule has 3 rings (SSSR count). The van der Waals surface area contributed by atoms with Crippen molar-refractivity contribution in [1.82, 2.24) is 31.1 Å². The van der Waals surface area contributed by atoms with Gasteiger partial charge in [0.05, 0.1) is 5.56 Å². The zero-order chi connectivity index (χ0) is 19.1. The van der Waals surface area contributed by atoms with Gasteiger partial charge >= 0.3 is 0 Å². The van der Waals surface area contributed by atoms with E-state index in [9.17, 15) is 14.0 Å². The predicted octanol–water partition coefficient (Wildman–Crippen LogP) is 0.852. The molecule has 2 N–H and O–H groups in total. The summed E-state index contributed by atoms with van der Waals surface area (Å²) in [5.74, 6) is -1.12. The normalized spacial score (nSPS) is 10.3. The molecule has 0 radical (unpaired) electrons. The van der Waals surface area contributed by atoms with E-state index < -0.39 is 17.6 Å². The van der Waals surface area contributed by atoms with E-state index in [0.717, 1.165) is 10.9 Å². The highest BCUT2D eigenvalue weighted by atomic mass is 19.1. The minimum Gasteiger partial charge on any atom is -0.485 e. The van der Waals surface area contributed by atoms with E-state index in [0.29, 0.717) is 11.6 Å². The van der Waals surface area contributed by atoms with Crippen LogP contribution in [0.2, 0.25) is 0 Å². The minimum atomic E-state index is -0.773. The summed E-state index contributed by atoms with van der Waals surface area (Å²) in [4.78, 5) is 24.7. The van der Waals surface area contributed by atoms with Gasteiger partial charge in [-0.05, 0) is 29.5 Å².